The molecule has 134 valence electrons. The van der Waals surface area contributed by atoms with Crippen LogP contribution in [0, 0.1) is 0 Å². The Balaban J connectivity index is 1.77. The number of ether oxygens (including phenoxy) is 3. The molecule has 3 rings (SSSR count). The van der Waals surface area contributed by atoms with Gasteiger partial charge in [0.1, 0.15) is 11.5 Å². The van der Waals surface area contributed by atoms with E-state index in [-0.39, 0.29) is 18.1 Å². The monoisotopic (exact) mass is 352 g/mol. The quantitative estimate of drug-likeness (QED) is 0.602. The Morgan fingerprint density at radius 2 is 1.88 bits per heavy atom. The smallest absolute Gasteiger partial charge is 0.343 e. The normalized spacial score (nSPS) is 14.3. The molecule has 0 saturated heterocycles. The van der Waals surface area contributed by atoms with Crippen molar-refractivity contribution >= 4 is 17.8 Å². The fourth-order valence-electron chi connectivity index (χ4n) is 2.59. The van der Waals surface area contributed by atoms with Crippen LogP contribution in [0.4, 0.5) is 0 Å². The first-order chi connectivity index (χ1) is 12.5. The van der Waals surface area contributed by atoms with Crippen molar-refractivity contribution in [2.24, 2.45) is 0 Å². The first-order valence-corrected chi connectivity index (χ1v) is 8.36. The van der Waals surface area contributed by atoms with Crippen molar-refractivity contribution in [3.63, 3.8) is 0 Å². The second-order valence-electron chi connectivity index (χ2n) is 6.28. The largest absolute Gasteiger partial charge is 0.482 e. The summed E-state index contributed by atoms with van der Waals surface area (Å²) in [5.74, 6) is 0.920. The lowest BCUT2D eigenvalue weighted by atomic mass is 10.0. The lowest BCUT2D eigenvalue weighted by Crippen LogP contribution is -2.12. The van der Waals surface area contributed by atoms with Gasteiger partial charge in [-0.15, -0.1) is 0 Å². The molecule has 1 aliphatic heterocycles. The Bertz CT molecular complexity index is 862. The molecular formula is C21H20O5. The summed E-state index contributed by atoms with van der Waals surface area (Å²) in [6.45, 7) is 4.06. The first-order valence-electron chi connectivity index (χ1n) is 8.36. The van der Waals surface area contributed by atoms with E-state index in [1.807, 2.05) is 24.3 Å². The number of rotatable bonds is 5. The van der Waals surface area contributed by atoms with Crippen molar-refractivity contribution < 1.29 is 23.8 Å². The summed E-state index contributed by atoms with van der Waals surface area (Å²) in [6.07, 6.45) is 1.72. The Morgan fingerprint density at radius 1 is 1.15 bits per heavy atom. The highest BCUT2D eigenvalue weighted by Crippen LogP contribution is 2.35. The molecule has 0 amide bonds. The Morgan fingerprint density at radius 3 is 2.54 bits per heavy atom. The van der Waals surface area contributed by atoms with Gasteiger partial charge in [-0.1, -0.05) is 38.1 Å². The van der Waals surface area contributed by atoms with Crippen molar-refractivity contribution in [1.29, 1.82) is 0 Å². The van der Waals surface area contributed by atoms with E-state index in [9.17, 15) is 9.59 Å². The number of carbonyl (C=O) groups is 2. The third-order valence-corrected chi connectivity index (χ3v) is 4.13. The second-order valence-corrected chi connectivity index (χ2v) is 6.28. The van der Waals surface area contributed by atoms with Crippen LogP contribution in [0.25, 0.3) is 6.08 Å². The summed E-state index contributed by atoms with van der Waals surface area (Å²) < 4.78 is 15.5. The molecule has 2 aromatic rings. The van der Waals surface area contributed by atoms with Gasteiger partial charge in [-0.25, -0.2) is 4.79 Å². The third kappa shape index (κ3) is 3.77. The van der Waals surface area contributed by atoms with Gasteiger partial charge in [0.25, 0.3) is 0 Å². The van der Waals surface area contributed by atoms with E-state index in [2.05, 4.69) is 18.6 Å². The Labute approximate surface area is 152 Å². The summed E-state index contributed by atoms with van der Waals surface area (Å²) in [7, 11) is 1.29. The average Bonchev–Trinajstić information content (AvgIpc) is 2.95. The molecule has 1 aliphatic rings. The van der Waals surface area contributed by atoms with Gasteiger partial charge in [0.15, 0.2) is 12.4 Å². The minimum Gasteiger partial charge on any atom is -0.482 e. The molecule has 0 aromatic heterocycles. The van der Waals surface area contributed by atoms with E-state index in [4.69, 9.17) is 9.47 Å². The van der Waals surface area contributed by atoms with Crippen LogP contribution >= 0.6 is 0 Å². The van der Waals surface area contributed by atoms with Gasteiger partial charge in [-0.05, 0) is 35.3 Å². The van der Waals surface area contributed by atoms with Crippen LogP contribution in [0.15, 0.2) is 48.2 Å². The van der Waals surface area contributed by atoms with Gasteiger partial charge < -0.3 is 14.2 Å². The summed E-state index contributed by atoms with van der Waals surface area (Å²) in [4.78, 5) is 23.6. The number of carbonyl (C=O) groups excluding carboxylic acids is 2. The maximum Gasteiger partial charge on any atom is 0.343 e. The van der Waals surface area contributed by atoms with Crippen LogP contribution in [0.5, 0.6) is 11.5 Å². The molecular weight excluding hydrogens is 332 g/mol. The van der Waals surface area contributed by atoms with E-state index in [0.717, 1.165) is 5.56 Å². The van der Waals surface area contributed by atoms with E-state index in [0.29, 0.717) is 23.0 Å². The number of esters is 1. The molecule has 5 nitrogen and oxygen atoms in total. The first kappa shape index (κ1) is 17.7. The molecule has 0 radical (unpaired) electrons. The second kappa shape index (κ2) is 7.44. The van der Waals surface area contributed by atoms with Crippen molar-refractivity contribution in [2.45, 2.75) is 19.8 Å². The van der Waals surface area contributed by atoms with Gasteiger partial charge in [0.05, 0.1) is 12.7 Å². The summed E-state index contributed by atoms with van der Waals surface area (Å²) in [5, 5.41) is 0. The zero-order chi connectivity index (χ0) is 18.7. The molecule has 0 spiro atoms. The minimum atomic E-state index is -0.479. The number of benzene rings is 2. The average molecular weight is 352 g/mol. The van der Waals surface area contributed by atoms with Crippen molar-refractivity contribution in [3.8, 4) is 11.5 Å². The zero-order valence-corrected chi connectivity index (χ0v) is 14.9. The highest BCUT2D eigenvalue weighted by molar-refractivity contribution is 6.14. The number of Topliss-reactive ketones (excluding diaryl/α,β-unsaturated/α-hetero) is 1. The number of allylic oxidation sites excluding steroid dienone is 1. The lowest BCUT2D eigenvalue weighted by molar-refractivity contribution is -0.142. The molecule has 0 atom stereocenters. The maximum atomic E-state index is 12.5. The zero-order valence-electron chi connectivity index (χ0n) is 14.9. The standard InChI is InChI=1S/C21H20O5/c1-13(2)15-6-4-14(5-7-15)10-19-21(23)17-9-8-16(11-18(17)26-19)25-12-20(22)24-3/h4-11,13H,12H2,1-3H3. The highest BCUT2D eigenvalue weighted by Gasteiger charge is 2.27. The van der Waals surface area contributed by atoms with Crippen molar-refractivity contribution in [1.82, 2.24) is 0 Å². The third-order valence-electron chi connectivity index (χ3n) is 4.13. The van der Waals surface area contributed by atoms with Gasteiger partial charge >= 0.3 is 5.97 Å². The lowest BCUT2D eigenvalue weighted by Gasteiger charge is -2.06. The van der Waals surface area contributed by atoms with Gasteiger partial charge in [-0.2, -0.15) is 0 Å². The number of hydrogen-bond donors (Lipinski definition) is 0. The maximum absolute atomic E-state index is 12.5. The van der Waals surface area contributed by atoms with E-state index >= 15 is 0 Å². The van der Waals surface area contributed by atoms with Crippen molar-refractivity contribution in [3.05, 3.63) is 64.9 Å². The van der Waals surface area contributed by atoms with Crippen LogP contribution in [0.2, 0.25) is 0 Å². The van der Waals surface area contributed by atoms with Gasteiger partial charge in [0.2, 0.25) is 5.78 Å². The molecule has 0 unspecified atom stereocenters. The number of hydrogen-bond acceptors (Lipinski definition) is 5. The summed E-state index contributed by atoms with van der Waals surface area (Å²) in [5.41, 5.74) is 2.61. The number of fused-ring (bicyclic) bond motifs is 1. The fourth-order valence-corrected chi connectivity index (χ4v) is 2.59. The van der Waals surface area contributed by atoms with Crippen LogP contribution in [-0.4, -0.2) is 25.5 Å². The number of ketones is 1. The molecule has 5 heteroatoms. The molecule has 0 N–H and O–H groups in total. The predicted molar refractivity (Wildman–Crippen MR) is 97.4 cm³/mol. The Hall–Kier alpha value is -3.08. The molecule has 0 fully saturated rings. The van der Waals surface area contributed by atoms with Crippen molar-refractivity contribution in [2.75, 3.05) is 13.7 Å². The van der Waals surface area contributed by atoms with E-state index in [1.54, 1.807) is 24.3 Å². The minimum absolute atomic E-state index is 0.174. The summed E-state index contributed by atoms with van der Waals surface area (Å²) in [6, 6.07) is 12.9. The molecule has 26 heavy (non-hydrogen) atoms. The Kier molecular flexibility index (Phi) is 5.07. The van der Waals surface area contributed by atoms with E-state index < -0.39 is 5.97 Å². The van der Waals surface area contributed by atoms with Crippen LogP contribution in [0.1, 0.15) is 41.3 Å². The molecule has 0 bridgehead atoms. The fraction of sp³-hybridized carbons (Fsp3) is 0.238. The van der Waals surface area contributed by atoms with Crippen LogP contribution in [0.3, 0.4) is 0 Å². The van der Waals surface area contributed by atoms with Gasteiger partial charge in [-0.3, -0.25) is 4.79 Å². The molecule has 2 aromatic carbocycles. The topological polar surface area (TPSA) is 61.8 Å². The highest BCUT2D eigenvalue weighted by atomic mass is 16.6. The van der Waals surface area contributed by atoms with Gasteiger partial charge in [0, 0.05) is 6.07 Å². The molecule has 0 saturated carbocycles. The predicted octanol–water partition coefficient (Wildman–Crippen LogP) is 3.98. The molecule has 1 heterocycles. The van der Waals surface area contributed by atoms with E-state index in [1.165, 1.54) is 12.7 Å². The summed E-state index contributed by atoms with van der Waals surface area (Å²) >= 11 is 0. The SMILES string of the molecule is COC(=O)COc1ccc2c(c1)OC(=Cc1ccc(C(C)C)cc1)C2=O. The molecule has 0 aliphatic carbocycles. The van der Waals surface area contributed by atoms with Crippen LogP contribution < -0.4 is 9.47 Å². The number of methoxy groups -OCH3 is 1. The van der Waals surface area contributed by atoms with Crippen LogP contribution in [-0.2, 0) is 9.53 Å².